The number of thiazole rings is 1. The average Bonchev–Trinajstić information content (AvgIpc) is 3.32. The maximum absolute atomic E-state index is 11.6. The third-order valence-electron chi connectivity index (χ3n) is 5.69. The molecule has 2 aromatic heterocycles. The molecule has 1 aliphatic rings. The second-order valence-electron chi connectivity index (χ2n) is 7.67. The highest BCUT2D eigenvalue weighted by Crippen LogP contribution is 2.39. The molecule has 0 amide bonds. The molecule has 5 rings (SSSR count). The number of hydrogen-bond donors (Lipinski definition) is 1. The van der Waals surface area contributed by atoms with Crippen LogP contribution in [-0.2, 0) is 24.2 Å². The van der Waals surface area contributed by atoms with Crippen molar-refractivity contribution in [2.75, 3.05) is 11.9 Å². The van der Waals surface area contributed by atoms with Crippen molar-refractivity contribution in [3.63, 3.8) is 0 Å². The van der Waals surface area contributed by atoms with Crippen LogP contribution in [0.15, 0.2) is 65.8 Å². The number of allylic oxidation sites excluding steroid dienone is 2. The van der Waals surface area contributed by atoms with Crippen molar-refractivity contribution in [3.05, 3.63) is 77.3 Å². The monoisotopic (exact) mass is 465 g/mol. The van der Waals surface area contributed by atoms with Crippen LogP contribution < -0.4 is 9.47 Å². The maximum Gasteiger partial charge on any atom is 0.294 e. The fourth-order valence-electron chi connectivity index (χ4n) is 3.97. The molecule has 32 heavy (non-hydrogen) atoms. The van der Waals surface area contributed by atoms with Crippen LogP contribution in [0, 0.1) is 0 Å². The van der Waals surface area contributed by atoms with Gasteiger partial charge in [0.2, 0.25) is 5.52 Å². The molecule has 0 saturated carbocycles. The van der Waals surface area contributed by atoms with Gasteiger partial charge in [0, 0.05) is 49.9 Å². The molecule has 1 N–H and O–H groups in total. The zero-order valence-electron chi connectivity index (χ0n) is 17.7. The summed E-state index contributed by atoms with van der Waals surface area (Å²) in [5.41, 5.74) is 4.95. The summed E-state index contributed by atoms with van der Waals surface area (Å²) in [6.07, 6.45) is 7.94. The van der Waals surface area contributed by atoms with Crippen LogP contribution in [0.2, 0.25) is 0 Å². The molecule has 9 heteroatoms. The fraction of sp³-hybridized carbons (Fsp3) is 0.130. The molecule has 0 fully saturated rings. The number of hydrogen-bond acceptors (Lipinski definition) is 5. The SMILES string of the molecule is CN1C(c2nccn2C)=C/C(=C\c2sc3ccc(S(=O)(=O)O)cc3[n+]2C)c2ccccc21. The summed E-state index contributed by atoms with van der Waals surface area (Å²) in [4.78, 5) is 6.56. The minimum atomic E-state index is -4.26. The predicted octanol–water partition coefficient (Wildman–Crippen LogP) is 3.74. The molecule has 0 unspecified atom stereocenters. The standard InChI is InChI=1S/C23H20N4O3S2/c1-25-11-10-24-23(25)20-12-15(17-6-4-5-7-18(17)26(20)2)13-22-27(3)19-14-16(32(28,29)30)8-9-21(19)31-22/h4-14H,1-3H3/p+1. The highest BCUT2D eigenvalue weighted by molar-refractivity contribution is 7.85. The molecule has 1 aliphatic heterocycles. The Balaban J connectivity index is 1.71. The van der Waals surface area contributed by atoms with Gasteiger partial charge in [0.15, 0.2) is 5.82 Å². The molecule has 0 radical (unpaired) electrons. The number of rotatable bonds is 3. The average molecular weight is 466 g/mol. The Morgan fingerprint density at radius 2 is 1.94 bits per heavy atom. The van der Waals surface area contributed by atoms with E-state index >= 15 is 0 Å². The van der Waals surface area contributed by atoms with E-state index < -0.39 is 10.1 Å². The molecule has 0 saturated heterocycles. The Hall–Kier alpha value is -3.27. The summed E-state index contributed by atoms with van der Waals surface area (Å²) < 4.78 is 37.4. The third kappa shape index (κ3) is 3.35. The molecule has 0 atom stereocenters. The molecule has 4 aromatic rings. The van der Waals surface area contributed by atoms with Crippen molar-refractivity contribution in [2.24, 2.45) is 14.1 Å². The van der Waals surface area contributed by atoms with Crippen LogP contribution in [0.25, 0.3) is 27.6 Å². The van der Waals surface area contributed by atoms with Crippen molar-refractivity contribution in [1.29, 1.82) is 0 Å². The summed E-state index contributed by atoms with van der Waals surface area (Å²) >= 11 is 1.56. The van der Waals surface area contributed by atoms with E-state index in [1.165, 1.54) is 12.1 Å². The molecule has 0 spiro atoms. The molecular formula is C23H21N4O3S2+. The predicted molar refractivity (Wildman–Crippen MR) is 127 cm³/mol. The number of aryl methyl sites for hydroxylation is 2. The van der Waals surface area contributed by atoms with E-state index in [-0.39, 0.29) is 4.90 Å². The van der Waals surface area contributed by atoms with E-state index in [2.05, 4.69) is 34.2 Å². The van der Waals surface area contributed by atoms with E-state index in [9.17, 15) is 13.0 Å². The summed E-state index contributed by atoms with van der Waals surface area (Å²) in [7, 11) is 1.64. The van der Waals surface area contributed by atoms with E-state index in [0.717, 1.165) is 43.6 Å². The van der Waals surface area contributed by atoms with Crippen molar-refractivity contribution in [1.82, 2.24) is 9.55 Å². The molecule has 3 heterocycles. The minimum Gasteiger partial charge on any atom is -0.341 e. The second-order valence-corrected chi connectivity index (χ2v) is 10.2. The van der Waals surface area contributed by atoms with Gasteiger partial charge in [-0.1, -0.05) is 29.5 Å². The molecular weight excluding hydrogens is 444 g/mol. The van der Waals surface area contributed by atoms with E-state index in [1.54, 1.807) is 23.6 Å². The topological polar surface area (TPSA) is 79.3 Å². The number of aromatic nitrogens is 3. The molecule has 162 valence electrons. The molecule has 7 nitrogen and oxygen atoms in total. The quantitative estimate of drug-likeness (QED) is 0.368. The summed E-state index contributed by atoms with van der Waals surface area (Å²) in [6.45, 7) is 0. The summed E-state index contributed by atoms with van der Waals surface area (Å²) in [5.74, 6) is 0.867. The van der Waals surface area contributed by atoms with Gasteiger partial charge >= 0.3 is 0 Å². The Morgan fingerprint density at radius 1 is 1.16 bits per heavy atom. The first-order valence-electron chi connectivity index (χ1n) is 9.88. The lowest BCUT2D eigenvalue weighted by atomic mass is 9.97. The first-order chi connectivity index (χ1) is 15.2. The Morgan fingerprint density at radius 3 is 2.66 bits per heavy atom. The third-order valence-corrected chi connectivity index (χ3v) is 7.71. The lowest BCUT2D eigenvalue weighted by Gasteiger charge is -2.29. The number of imidazole rings is 1. The Kier molecular flexibility index (Phi) is 4.77. The number of anilines is 1. The largest absolute Gasteiger partial charge is 0.341 e. The van der Waals surface area contributed by atoms with Crippen LogP contribution in [0.5, 0.6) is 0 Å². The van der Waals surface area contributed by atoms with Gasteiger partial charge in [0.1, 0.15) is 16.6 Å². The summed E-state index contributed by atoms with van der Waals surface area (Å²) in [5, 5.41) is 0.956. The van der Waals surface area contributed by atoms with Crippen molar-refractivity contribution in [2.45, 2.75) is 4.90 Å². The van der Waals surface area contributed by atoms with Gasteiger partial charge in [-0.3, -0.25) is 4.55 Å². The van der Waals surface area contributed by atoms with E-state index in [4.69, 9.17) is 0 Å². The molecule has 2 aromatic carbocycles. The minimum absolute atomic E-state index is 0.112. The van der Waals surface area contributed by atoms with Crippen LogP contribution in [-0.4, -0.2) is 29.6 Å². The first-order valence-corrected chi connectivity index (χ1v) is 12.1. The lowest BCUT2D eigenvalue weighted by molar-refractivity contribution is -0.642. The highest BCUT2D eigenvalue weighted by atomic mass is 32.2. The Bertz CT molecular complexity index is 1540. The second kappa shape index (κ2) is 7.40. The van der Waals surface area contributed by atoms with E-state index in [1.807, 2.05) is 48.6 Å². The van der Waals surface area contributed by atoms with Gasteiger partial charge in [0.05, 0.1) is 5.70 Å². The van der Waals surface area contributed by atoms with Crippen LogP contribution in [0.3, 0.4) is 0 Å². The smallest absolute Gasteiger partial charge is 0.294 e. The van der Waals surface area contributed by atoms with Gasteiger partial charge in [-0.2, -0.15) is 13.0 Å². The highest BCUT2D eigenvalue weighted by Gasteiger charge is 2.25. The lowest BCUT2D eigenvalue weighted by Crippen LogP contribution is -2.29. The normalized spacial score (nSPS) is 15.3. The number of nitrogens with zero attached hydrogens (tertiary/aromatic N) is 4. The first kappa shape index (κ1) is 20.6. The van der Waals surface area contributed by atoms with Crippen molar-refractivity contribution >= 4 is 54.7 Å². The van der Waals surface area contributed by atoms with Gasteiger partial charge in [-0.15, -0.1) is 0 Å². The van der Waals surface area contributed by atoms with Crippen LogP contribution >= 0.6 is 11.3 Å². The van der Waals surface area contributed by atoms with E-state index in [0.29, 0.717) is 0 Å². The zero-order chi connectivity index (χ0) is 22.6. The van der Waals surface area contributed by atoms with Crippen molar-refractivity contribution < 1.29 is 17.5 Å². The maximum atomic E-state index is 11.6. The van der Waals surface area contributed by atoms with Gasteiger partial charge in [-0.05, 0) is 29.8 Å². The molecule has 0 aliphatic carbocycles. The van der Waals surface area contributed by atoms with Crippen LogP contribution in [0.4, 0.5) is 5.69 Å². The van der Waals surface area contributed by atoms with Gasteiger partial charge in [-0.25, -0.2) is 4.98 Å². The number of para-hydroxylation sites is 1. The molecule has 0 bridgehead atoms. The number of fused-ring (bicyclic) bond motifs is 2. The van der Waals surface area contributed by atoms with Gasteiger partial charge < -0.3 is 9.47 Å². The fourth-order valence-corrected chi connectivity index (χ4v) is 5.56. The number of benzene rings is 2. The zero-order valence-corrected chi connectivity index (χ0v) is 19.4. The Labute approximate surface area is 189 Å². The van der Waals surface area contributed by atoms with Crippen molar-refractivity contribution in [3.8, 4) is 0 Å². The summed E-state index contributed by atoms with van der Waals surface area (Å²) in [6, 6.07) is 12.9. The van der Waals surface area contributed by atoms with Crippen LogP contribution in [0.1, 0.15) is 16.4 Å². The van der Waals surface area contributed by atoms with Gasteiger partial charge in [0.25, 0.3) is 15.1 Å².